The maximum Gasteiger partial charge on any atom is 0.140 e. The number of fused-ring (bicyclic) bond motifs is 4. The average Bonchev–Trinajstić information content (AvgIpc) is 3.66. The monoisotopic (exact) mass is 604 g/mol. The van der Waals surface area contributed by atoms with Crippen molar-refractivity contribution in [2.75, 3.05) is 0 Å². The number of nitrogens with zero attached hydrogens (tertiary/aromatic N) is 6. The molecule has 0 fully saturated rings. The van der Waals surface area contributed by atoms with Crippen molar-refractivity contribution < 1.29 is 0 Å². The van der Waals surface area contributed by atoms with Crippen LogP contribution in [0.25, 0.3) is 83.4 Å². The third-order valence-corrected chi connectivity index (χ3v) is 8.94. The van der Waals surface area contributed by atoms with Gasteiger partial charge in [-0.1, -0.05) is 54.6 Å². The van der Waals surface area contributed by atoms with Crippen LogP contribution in [0.15, 0.2) is 152 Å². The van der Waals surface area contributed by atoms with Crippen LogP contribution in [0.2, 0.25) is 0 Å². The fraction of sp³-hybridized carbons (Fsp3) is 0.0244. The van der Waals surface area contributed by atoms with Crippen LogP contribution in [0.4, 0.5) is 0 Å². The fourth-order valence-corrected chi connectivity index (χ4v) is 6.67. The van der Waals surface area contributed by atoms with Gasteiger partial charge in [-0.25, -0.2) is 4.98 Å². The number of imidazole rings is 1. The van der Waals surface area contributed by atoms with E-state index in [0.29, 0.717) is 0 Å². The topological polar surface area (TPSA) is 61.4 Å². The second kappa shape index (κ2) is 10.9. The molecular weight excluding hydrogens is 576 g/mol. The Morgan fingerprint density at radius 2 is 1.21 bits per heavy atom. The Labute approximate surface area is 271 Å². The molecule has 6 heteroatoms. The Bertz CT molecular complexity index is 2510. The maximum absolute atomic E-state index is 5.11. The minimum absolute atomic E-state index is 0.917. The summed E-state index contributed by atoms with van der Waals surface area (Å²) in [4.78, 5) is 18.5. The van der Waals surface area contributed by atoms with Crippen molar-refractivity contribution in [2.24, 2.45) is 7.05 Å². The molecule has 4 aromatic carbocycles. The number of pyridine rings is 3. The first-order chi connectivity index (χ1) is 23.2. The van der Waals surface area contributed by atoms with Crippen molar-refractivity contribution in [1.82, 2.24) is 29.1 Å². The third kappa shape index (κ3) is 4.58. The normalized spacial score (nSPS) is 11.5. The largest absolute Gasteiger partial charge is 0.327 e. The van der Waals surface area contributed by atoms with Gasteiger partial charge >= 0.3 is 0 Å². The summed E-state index contributed by atoms with van der Waals surface area (Å²) in [5.74, 6) is 0.917. The van der Waals surface area contributed by atoms with Gasteiger partial charge in [-0.15, -0.1) is 0 Å². The summed E-state index contributed by atoms with van der Waals surface area (Å²) < 4.78 is 4.55. The van der Waals surface area contributed by atoms with Crippen LogP contribution in [0, 0.1) is 0 Å². The van der Waals surface area contributed by atoms with Crippen molar-refractivity contribution in [3.8, 4) is 50.6 Å². The molecule has 9 rings (SSSR count). The van der Waals surface area contributed by atoms with E-state index < -0.39 is 0 Å². The van der Waals surface area contributed by atoms with Gasteiger partial charge in [0.05, 0.1) is 27.8 Å². The molecule has 0 aliphatic heterocycles. The maximum atomic E-state index is 5.11. The van der Waals surface area contributed by atoms with E-state index in [2.05, 4.69) is 123 Å². The van der Waals surface area contributed by atoms with Gasteiger partial charge in [0.1, 0.15) is 5.82 Å². The van der Waals surface area contributed by atoms with Crippen molar-refractivity contribution in [2.45, 2.75) is 0 Å². The molecule has 9 aromatic rings. The van der Waals surface area contributed by atoms with Gasteiger partial charge in [-0.2, -0.15) is 0 Å². The predicted octanol–water partition coefficient (Wildman–Crippen LogP) is 9.52. The SMILES string of the molecule is Cn1c(-c2ccc3c4ccccc4n(-c4cc(-c5cccnc5)cc(-c5ccccn5)c4)c3c2)nc2ccc(-c3cccnc3)cc21. The van der Waals surface area contributed by atoms with Gasteiger partial charge in [0.25, 0.3) is 0 Å². The predicted molar refractivity (Wildman–Crippen MR) is 190 cm³/mol. The Morgan fingerprint density at radius 3 is 2.00 bits per heavy atom. The molecular formula is C41H28N6. The summed E-state index contributed by atoms with van der Waals surface area (Å²) in [5.41, 5.74) is 12.7. The van der Waals surface area contributed by atoms with E-state index in [0.717, 1.165) is 72.7 Å². The number of aryl methyl sites for hydroxylation is 1. The van der Waals surface area contributed by atoms with Crippen LogP contribution in [-0.4, -0.2) is 29.1 Å². The first kappa shape index (κ1) is 27.0. The third-order valence-electron chi connectivity index (χ3n) is 8.94. The number of para-hydroxylation sites is 1. The standard InChI is InChI=1S/C41H28N6/c1-46-40-23-27(29-8-6-17-42-25-29)14-16-37(40)45-41(46)28-13-15-35-34-10-2-3-12-38(34)47(39(35)24-28)33-21-31(30-9-7-18-43-26-30)20-32(22-33)36-11-4-5-19-44-36/h2-26H,1H3. The molecule has 0 atom stereocenters. The fourth-order valence-electron chi connectivity index (χ4n) is 6.67. The zero-order chi connectivity index (χ0) is 31.3. The van der Waals surface area contributed by atoms with Gasteiger partial charge in [0.15, 0.2) is 0 Å². The Hall–Kier alpha value is -6.40. The molecule has 5 aromatic heterocycles. The molecule has 0 unspecified atom stereocenters. The van der Waals surface area contributed by atoms with E-state index in [1.807, 2.05) is 49.1 Å². The smallest absolute Gasteiger partial charge is 0.140 e. The Morgan fingerprint density at radius 1 is 0.489 bits per heavy atom. The van der Waals surface area contributed by atoms with Crippen LogP contribution in [-0.2, 0) is 7.05 Å². The molecule has 0 amide bonds. The molecule has 0 spiro atoms. The lowest BCUT2D eigenvalue weighted by Crippen LogP contribution is -1.97. The first-order valence-electron chi connectivity index (χ1n) is 15.6. The van der Waals surface area contributed by atoms with Crippen molar-refractivity contribution in [3.05, 3.63) is 152 Å². The molecule has 222 valence electrons. The molecule has 6 nitrogen and oxygen atoms in total. The zero-order valence-electron chi connectivity index (χ0n) is 25.6. The second-order valence-electron chi connectivity index (χ2n) is 11.7. The molecule has 0 aliphatic carbocycles. The molecule has 0 radical (unpaired) electrons. The lowest BCUT2D eigenvalue weighted by molar-refractivity contribution is 0.959. The highest BCUT2D eigenvalue weighted by atomic mass is 15.1. The number of rotatable bonds is 5. The summed E-state index contributed by atoms with van der Waals surface area (Å²) in [6, 6.07) is 42.6. The summed E-state index contributed by atoms with van der Waals surface area (Å²) in [6.45, 7) is 0. The Balaban J connectivity index is 1.27. The van der Waals surface area contributed by atoms with E-state index >= 15 is 0 Å². The summed E-state index contributed by atoms with van der Waals surface area (Å²) >= 11 is 0. The van der Waals surface area contributed by atoms with E-state index in [-0.39, 0.29) is 0 Å². The lowest BCUT2D eigenvalue weighted by atomic mass is 10.0. The van der Waals surface area contributed by atoms with E-state index in [9.17, 15) is 0 Å². The second-order valence-corrected chi connectivity index (χ2v) is 11.7. The van der Waals surface area contributed by atoms with E-state index in [1.54, 1.807) is 6.20 Å². The molecule has 0 saturated carbocycles. The first-order valence-corrected chi connectivity index (χ1v) is 15.6. The summed E-state index contributed by atoms with van der Waals surface area (Å²) in [6.07, 6.45) is 9.26. The lowest BCUT2D eigenvalue weighted by Gasteiger charge is -2.14. The van der Waals surface area contributed by atoms with Crippen LogP contribution in [0.1, 0.15) is 0 Å². The molecule has 0 bridgehead atoms. The van der Waals surface area contributed by atoms with Gasteiger partial charge in [-0.3, -0.25) is 15.0 Å². The van der Waals surface area contributed by atoms with Gasteiger partial charge in [0.2, 0.25) is 0 Å². The minimum Gasteiger partial charge on any atom is -0.327 e. The zero-order valence-corrected chi connectivity index (χ0v) is 25.6. The average molecular weight is 605 g/mol. The van der Waals surface area contributed by atoms with Gasteiger partial charge < -0.3 is 9.13 Å². The van der Waals surface area contributed by atoms with Crippen LogP contribution in [0.5, 0.6) is 0 Å². The highest BCUT2D eigenvalue weighted by molar-refractivity contribution is 6.10. The quantitative estimate of drug-likeness (QED) is 0.196. The van der Waals surface area contributed by atoms with Crippen molar-refractivity contribution in [3.63, 3.8) is 0 Å². The number of aromatic nitrogens is 6. The molecule has 47 heavy (non-hydrogen) atoms. The van der Waals surface area contributed by atoms with E-state index in [1.165, 1.54) is 10.8 Å². The number of benzene rings is 4. The van der Waals surface area contributed by atoms with Crippen molar-refractivity contribution >= 4 is 32.8 Å². The number of hydrogen-bond donors (Lipinski definition) is 0. The molecule has 0 aliphatic rings. The molecule has 0 N–H and O–H groups in total. The van der Waals surface area contributed by atoms with Crippen LogP contribution >= 0.6 is 0 Å². The van der Waals surface area contributed by atoms with Crippen LogP contribution in [0.3, 0.4) is 0 Å². The van der Waals surface area contributed by atoms with Gasteiger partial charge in [0, 0.05) is 76.7 Å². The Kier molecular flexibility index (Phi) is 6.25. The van der Waals surface area contributed by atoms with Gasteiger partial charge in [-0.05, 0) is 77.9 Å². The summed E-state index contributed by atoms with van der Waals surface area (Å²) in [7, 11) is 2.09. The highest BCUT2D eigenvalue weighted by Crippen LogP contribution is 2.38. The van der Waals surface area contributed by atoms with Crippen LogP contribution < -0.4 is 0 Å². The highest BCUT2D eigenvalue weighted by Gasteiger charge is 2.18. The van der Waals surface area contributed by atoms with E-state index in [4.69, 9.17) is 9.97 Å². The summed E-state index contributed by atoms with van der Waals surface area (Å²) in [5, 5.41) is 2.39. The minimum atomic E-state index is 0.917. The molecule has 5 heterocycles. The molecule has 0 saturated heterocycles. The number of hydrogen-bond acceptors (Lipinski definition) is 4. The van der Waals surface area contributed by atoms with Crippen molar-refractivity contribution in [1.29, 1.82) is 0 Å².